The second-order valence-electron chi connectivity index (χ2n) is 7.58. The first-order valence-electron chi connectivity index (χ1n) is 10.2. The molecule has 2 rings (SSSR count). The van der Waals surface area contributed by atoms with E-state index in [2.05, 4.69) is 5.32 Å². The maximum atomic E-state index is 12.8. The average Bonchev–Trinajstić information content (AvgIpc) is 2.70. The normalized spacial score (nSPS) is 21.6. The number of cyclic esters (lactones) is 1. The molecule has 1 heterocycles. The summed E-state index contributed by atoms with van der Waals surface area (Å²) < 4.78 is 11.1. The minimum atomic E-state index is -0.976. The largest absolute Gasteiger partial charge is 0.507 e. The maximum Gasteiger partial charge on any atom is 0.342 e. The average molecular weight is 419 g/mol. The van der Waals surface area contributed by atoms with Crippen molar-refractivity contribution in [2.45, 2.75) is 52.1 Å². The second kappa shape index (κ2) is 10.9. The number of hydrogen-bond acceptors (Lipinski definition) is 8. The molecule has 0 fully saturated rings. The molecule has 2 N–H and O–H groups in total. The van der Waals surface area contributed by atoms with Gasteiger partial charge in [0, 0.05) is 25.5 Å². The predicted octanol–water partition coefficient (Wildman–Crippen LogP) is 2.00. The number of carbonyl (C=O) groups excluding carboxylic acids is 4. The number of aromatic hydroxyl groups is 1. The van der Waals surface area contributed by atoms with Crippen LogP contribution in [0.3, 0.4) is 0 Å². The quantitative estimate of drug-likeness (QED) is 0.432. The first-order chi connectivity index (χ1) is 14.2. The molecule has 1 aliphatic heterocycles. The van der Waals surface area contributed by atoms with Crippen molar-refractivity contribution in [1.29, 1.82) is 0 Å². The number of rotatable bonds is 4. The molecule has 0 saturated carbocycles. The number of hydrogen-bond donors (Lipinski definition) is 2. The Morgan fingerprint density at radius 3 is 2.50 bits per heavy atom. The van der Waals surface area contributed by atoms with Gasteiger partial charge in [-0.25, -0.2) is 4.79 Å². The van der Waals surface area contributed by atoms with Crippen LogP contribution in [0.4, 0.5) is 0 Å². The Hall–Kier alpha value is -2.74. The van der Waals surface area contributed by atoms with Crippen LogP contribution in [-0.4, -0.2) is 54.7 Å². The van der Waals surface area contributed by atoms with Crippen LogP contribution in [0.2, 0.25) is 0 Å². The standard InChI is InChI=1S/C22H29NO7/c1-13-7-8-18(25)21(27)17(24)6-4-5-15-11-16(29-10-9-23-3)12-19(26)20(15)22(28)30-14(13)2/h11-14,23,26H,4-10H2,1-3H3/t13-,14+/m1/s1. The zero-order chi connectivity index (χ0) is 22.3. The van der Waals surface area contributed by atoms with Crippen molar-refractivity contribution in [2.24, 2.45) is 5.92 Å². The van der Waals surface area contributed by atoms with Gasteiger partial charge in [-0.15, -0.1) is 0 Å². The molecule has 30 heavy (non-hydrogen) atoms. The molecule has 0 aromatic heterocycles. The molecule has 0 unspecified atom stereocenters. The van der Waals surface area contributed by atoms with E-state index in [9.17, 15) is 24.3 Å². The summed E-state index contributed by atoms with van der Waals surface area (Å²) in [4.78, 5) is 48.9. The lowest BCUT2D eigenvalue weighted by atomic mass is 9.94. The van der Waals surface area contributed by atoms with Gasteiger partial charge in [0.25, 0.3) is 5.78 Å². The molecule has 0 radical (unpaired) electrons. The predicted molar refractivity (Wildman–Crippen MR) is 109 cm³/mol. The molecule has 2 atom stereocenters. The number of carbonyl (C=O) groups is 4. The molecule has 0 aliphatic carbocycles. The van der Waals surface area contributed by atoms with Gasteiger partial charge in [0.1, 0.15) is 29.8 Å². The van der Waals surface area contributed by atoms with E-state index in [1.807, 2.05) is 0 Å². The van der Waals surface area contributed by atoms with Gasteiger partial charge in [-0.05, 0) is 50.8 Å². The summed E-state index contributed by atoms with van der Waals surface area (Å²) in [6.45, 7) is 4.45. The lowest BCUT2D eigenvalue weighted by Crippen LogP contribution is -2.27. The number of aryl methyl sites for hydroxylation is 1. The number of ether oxygens (including phenoxy) is 2. The van der Waals surface area contributed by atoms with Crippen molar-refractivity contribution < 1.29 is 33.8 Å². The van der Waals surface area contributed by atoms with Gasteiger partial charge >= 0.3 is 5.97 Å². The van der Waals surface area contributed by atoms with Gasteiger partial charge in [-0.2, -0.15) is 0 Å². The molecular weight excluding hydrogens is 390 g/mol. The number of benzene rings is 1. The van der Waals surface area contributed by atoms with E-state index in [4.69, 9.17) is 9.47 Å². The number of fused-ring (bicyclic) bond motifs is 1. The summed E-state index contributed by atoms with van der Waals surface area (Å²) in [5.41, 5.74) is 0.491. The van der Waals surface area contributed by atoms with E-state index in [1.54, 1.807) is 27.0 Å². The van der Waals surface area contributed by atoms with Crippen LogP contribution in [0.25, 0.3) is 0 Å². The van der Waals surface area contributed by atoms with Gasteiger partial charge in [-0.1, -0.05) is 6.92 Å². The van der Waals surface area contributed by atoms with Gasteiger partial charge in [0.2, 0.25) is 11.6 Å². The molecule has 8 nitrogen and oxygen atoms in total. The van der Waals surface area contributed by atoms with E-state index in [0.717, 1.165) is 0 Å². The number of likely N-dealkylation sites (N-methyl/N-ethyl adjacent to an activating group) is 1. The minimum Gasteiger partial charge on any atom is -0.507 e. The lowest BCUT2D eigenvalue weighted by Gasteiger charge is -2.22. The Kier molecular flexibility index (Phi) is 8.53. The number of phenols is 1. The Morgan fingerprint density at radius 1 is 1.10 bits per heavy atom. The molecule has 1 aromatic rings. The summed E-state index contributed by atoms with van der Waals surface area (Å²) in [7, 11) is 1.78. The number of nitrogens with one attached hydrogen (secondary N) is 1. The highest BCUT2D eigenvalue weighted by atomic mass is 16.5. The third-order valence-electron chi connectivity index (χ3n) is 5.28. The summed E-state index contributed by atoms with van der Waals surface area (Å²) in [5, 5.41) is 13.4. The van der Waals surface area contributed by atoms with Crippen LogP contribution in [-0.2, 0) is 25.5 Å². The SMILES string of the molecule is CNCCOc1cc(O)c2c(c1)CCCC(=O)C(=O)C(=O)CC[C@@H](C)[C@H](C)OC2=O. The molecular formula is C22H29NO7. The molecule has 0 amide bonds. The zero-order valence-electron chi connectivity index (χ0n) is 17.7. The van der Waals surface area contributed by atoms with Crippen LogP contribution in [0.5, 0.6) is 11.5 Å². The fourth-order valence-electron chi connectivity index (χ4n) is 3.20. The van der Waals surface area contributed by atoms with Crippen LogP contribution < -0.4 is 10.1 Å². The van der Waals surface area contributed by atoms with Crippen molar-refractivity contribution in [2.75, 3.05) is 20.2 Å². The van der Waals surface area contributed by atoms with E-state index in [1.165, 1.54) is 6.07 Å². The third-order valence-corrected chi connectivity index (χ3v) is 5.28. The highest BCUT2D eigenvalue weighted by Gasteiger charge is 2.27. The third kappa shape index (κ3) is 6.13. The van der Waals surface area contributed by atoms with Crippen LogP contribution in [0, 0.1) is 5.92 Å². The van der Waals surface area contributed by atoms with Crippen molar-refractivity contribution in [1.82, 2.24) is 5.32 Å². The number of Topliss-reactive ketones (excluding diaryl/α,β-unsaturated/α-hetero) is 3. The van der Waals surface area contributed by atoms with Gasteiger partial charge in [0.15, 0.2) is 0 Å². The molecule has 1 aromatic carbocycles. The highest BCUT2D eigenvalue weighted by molar-refractivity contribution is 6.63. The topological polar surface area (TPSA) is 119 Å². The Morgan fingerprint density at radius 2 is 1.80 bits per heavy atom. The monoisotopic (exact) mass is 419 g/mol. The molecule has 8 heteroatoms. The minimum absolute atomic E-state index is 0.0296. The first kappa shape index (κ1) is 23.5. The zero-order valence-corrected chi connectivity index (χ0v) is 17.7. The van der Waals surface area contributed by atoms with Crippen molar-refractivity contribution in [3.63, 3.8) is 0 Å². The Bertz CT molecular complexity index is 818. The van der Waals surface area contributed by atoms with E-state index in [-0.39, 0.29) is 42.9 Å². The lowest BCUT2D eigenvalue weighted by molar-refractivity contribution is -0.144. The van der Waals surface area contributed by atoms with E-state index < -0.39 is 29.4 Å². The summed E-state index contributed by atoms with van der Waals surface area (Å²) in [6, 6.07) is 2.99. The molecule has 164 valence electrons. The summed E-state index contributed by atoms with van der Waals surface area (Å²) in [5.74, 6) is -3.17. The van der Waals surface area contributed by atoms with Crippen molar-refractivity contribution in [3.05, 3.63) is 23.3 Å². The van der Waals surface area contributed by atoms with Gasteiger partial charge < -0.3 is 19.9 Å². The molecule has 0 spiro atoms. The Labute approximate surface area is 175 Å². The smallest absolute Gasteiger partial charge is 0.342 e. The second-order valence-corrected chi connectivity index (χ2v) is 7.58. The summed E-state index contributed by atoms with van der Waals surface area (Å²) in [6.07, 6.45) is 0.0582. The molecule has 1 aliphatic rings. The summed E-state index contributed by atoms with van der Waals surface area (Å²) >= 11 is 0. The van der Waals surface area contributed by atoms with E-state index >= 15 is 0 Å². The number of esters is 1. The van der Waals surface area contributed by atoms with Crippen LogP contribution >= 0.6 is 0 Å². The van der Waals surface area contributed by atoms with Crippen LogP contribution in [0.15, 0.2) is 12.1 Å². The molecule has 0 bridgehead atoms. The fraction of sp³-hybridized carbons (Fsp3) is 0.545. The number of ketones is 3. The highest BCUT2D eigenvalue weighted by Crippen LogP contribution is 2.31. The van der Waals surface area contributed by atoms with Crippen molar-refractivity contribution >= 4 is 23.3 Å². The van der Waals surface area contributed by atoms with Crippen molar-refractivity contribution in [3.8, 4) is 11.5 Å². The Balaban J connectivity index is 2.35. The van der Waals surface area contributed by atoms with Gasteiger partial charge in [0.05, 0.1) is 0 Å². The van der Waals surface area contributed by atoms with Gasteiger partial charge in [-0.3, -0.25) is 14.4 Å². The fourth-order valence-corrected chi connectivity index (χ4v) is 3.20. The maximum absolute atomic E-state index is 12.8. The first-order valence-corrected chi connectivity index (χ1v) is 10.2. The van der Waals surface area contributed by atoms with Crippen LogP contribution in [0.1, 0.15) is 55.5 Å². The number of phenolic OH excluding ortho intramolecular Hbond substituents is 1. The van der Waals surface area contributed by atoms with E-state index in [0.29, 0.717) is 30.9 Å². The molecule has 0 saturated heterocycles.